The summed E-state index contributed by atoms with van der Waals surface area (Å²) in [4.78, 5) is 14.1. The van der Waals surface area contributed by atoms with Crippen molar-refractivity contribution in [2.24, 2.45) is 5.10 Å². The van der Waals surface area contributed by atoms with Crippen LogP contribution >= 0.6 is 0 Å². The zero-order valence-electron chi connectivity index (χ0n) is 25.1. The first-order valence-corrected chi connectivity index (χ1v) is 16.6. The van der Waals surface area contributed by atoms with E-state index < -0.39 is 8.32 Å². The molecular weight excluding hydrogens is 551 g/mol. The van der Waals surface area contributed by atoms with E-state index in [1.165, 1.54) is 10.4 Å². The van der Waals surface area contributed by atoms with Crippen LogP contribution in [0, 0.1) is 0 Å². The van der Waals surface area contributed by atoms with Crippen LogP contribution < -0.4 is 26.1 Å². The number of benzene rings is 4. The lowest BCUT2D eigenvalue weighted by atomic mass is 9.96. The van der Waals surface area contributed by atoms with Crippen molar-refractivity contribution in [1.82, 2.24) is 9.99 Å². The Morgan fingerprint density at radius 3 is 2.05 bits per heavy atom. The molecule has 43 heavy (non-hydrogen) atoms. The van der Waals surface area contributed by atoms with E-state index in [9.17, 15) is 4.79 Å². The van der Waals surface area contributed by atoms with Crippen LogP contribution in [0.4, 0.5) is 0 Å². The lowest BCUT2D eigenvalue weighted by Crippen LogP contribution is -2.67. The Morgan fingerprint density at radius 1 is 0.860 bits per heavy atom. The molecule has 218 valence electrons. The van der Waals surface area contributed by atoms with E-state index >= 15 is 0 Å². The van der Waals surface area contributed by atoms with Crippen LogP contribution in [-0.2, 0) is 11.0 Å². The predicted octanol–water partition coefficient (Wildman–Crippen LogP) is 5.56. The SMILES string of the molecule is COc1ccc2c(=O)n3c(c(-c4ccccc4)c2c1)C=NNC(CO[Si](c1ccccc1)(c1ccccc1)C(C)(C)C)C3. The van der Waals surface area contributed by atoms with E-state index in [2.05, 4.69) is 92.0 Å². The summed E-state index contributed by atoms with van der Waals surface area (Å²) in [5.41, 5.74) is 5.99. The molecule has 0 amide bonds. The fourth-order valence-electron chi connectivity index (χ4n) is 6.34. The van der Waals surface area contributed by atoms with E-state index in [0.717, 1.165) is 22.2 Å². The molecule has 0 saturated heterocycles. The van der Waals surface area contributed by atoms with Crippen LogP contribution in [0.2, 0.25) is 5.04 Å². The zero-order valence-corrected chi connectivity index (χ0v) is 26.1. The zero-order chi connectivity index (χ0) is 30.0. The van der Waals surface area contributed by atoms with Gasteiger partial charge in [-0.15, -0.1) is 0 Å². The third-order valence-electron chi connectivity index (χ3n) is 8.35. The van der Waals surface area contributed by atoms with Crippen molar-refractivity contribution in [2.45, 2.75) is 38.4 Å². The van der Waals surface area contributed by atoms with Crippen molar-refractivity contribution in [3.8, 4) is 16.9 Å². The first-order chi connectivity index (χ1) is 20.8. The molecule has 1 atom stereocenters. The molecule has 4 aromatic carbocycles. The predicted molar refractivity (Wildman–Crippen MR) is 178 cm³/mol. The number of ether oxygens (including phenoxy) is 1. The average Bonchev–Trinajstić information content (AvgIpc) is 3.25. The van der Waals surface area contributed by atoms with E-state index in [-0.39, 0.29) is 16.6 Å². The summed E-state index contributed by atoms with van der Waals surface area (Å²) >= 11 is 0. The van der Waals surface area contributed by atoms with Gasteiger partial charge < -0.3 is 19.2 Å². The van der Waals surface area contributed by atoms with Gasteiger partial charge in [0.1, 0.15) is 5.75 Å². The molecule has 5 aromatic rings. The Labute approximate surface area is 253 Å². The van der Waals surface area contributed by atoms with Gasteiger partial charge in [0.2, 0.25) is 0 Å². The van der Waals surface area contributed by atoms with Crippen molar-refractivity contribution in [1.29, 1.82) is 0 Å². The quantitative estimate of drug-likeness (QED) is 0.253. The maximum absolute atomic E-state index is 14.1. The molecule has 1 aromatic heterocycles. The lowest BCUT2D eigenvalue weighted by Gasteiger charge is -2.43. The molecule has 2 heterocycles. The van der Waals surface area contributed by atoms with Gasteiger partial charge in [-0.1, -0.05) is 112 Å². The van der Waals surface area contributed by atoms with Crippen LogP contribution in [0.5, 0.6) is 5.75 Å². The van der Waals surface area contributed by atoms with Gasteiger partial charge in [0, 0.05) is 16.3 Å². The Morgan fingerprint density at radius 2 is 1.47 bits per heavy atom. The maximum Gasteiger partial charge on any atom is 0.261 e. The number of methoxy groups -OCH3 is 1. The maximum atomic E-state index is 14.1. The summed E-state index contributed by atoms with van der Waals surface area (Å²) in [5, 5.41) is 8.41. The largest absolute Gasteiger partial charge is 0.497 e. The Bertz CT molecular complexity index is 1770. The van der Waals surface area contributed by atoms with Crippen molar-refractivity contribution in [2.75, 3.05) is 13.7 Å². The molecule has 0 radical (unpaired) electrons. The Balaban J connectivity index is 1.44. The monoisotopic (exact) mass is 587 g/mol. The van der Waals surface area contributed by atoms with Crippen molar-refractivity contribution in [3.05, 3.63) is 125 Å². The van der Waals surface area contributed by atoms with E-state index in [1.54, 1.807) is 13.3 Å². The highest BCUT2D eigenvalue weighted by molar-refractivity contribution is 6.99. The minimum atomic E-state index is -2.77. The second kappa shape index (κ2) is 11.7. The summed E-state index contributed by atoms with van der Waals surface area (Å²) in [6.07, 6.45) is 1.77. The summed E-state index contributed by atoms with van der Waals surface area (Å²) < 4.78 is 14.6. The van der Waals surface area contributed by atoms with Gasteiger partial charge in [-0.2, -0.15) is 5.10 Å². The summed E-state index contributed by atoms with van der Waals surface area (Å²) in [6.45, 7) is 7.60. The van der Waals surface area contributed by atoms with Gasteiger partial charge in [-0.05, 0) is 39.2 Å². The number of rotatable bonds is 7. The van der Waals surface area contributed by atoms with Crippen molar-refractivity contribution in [3.63, 3.8) is 0 Å². The second-order valence-electron chi connectivity index (χ2n) is 12.0. The molecule has 0 fully saturated rings. The molecule has 1 aliphatic heterocycles. The third-order valence-corrected chi connectivity index (χ3v) is 13.4. The molecule has 6 rings (SSSR count). The normalized spacial score (nSPS) is 15.0. The Kier molecular flexibility index (Phi) is 7.77. The number of fused-ring (bicyclic) bond motifs is 2. The smallest absolute Gasteiger partial charge is 0.261 e. The van der Waals surface area contributed by atoms with Gasteiger partial charge in [0.15, 0.2) is 0 Å². The van der Waals surface area contributed by atoms with Gasteiger partial charge in [0.25, 0.3) is 13.9 Å². The molecule has 0 aliphatic carbocycles. The summed E-state index contributed by atoms with van der Waals surface area (Å²) in [5.74, 6) is 0.703. The standard InChI is InChI=1S/C36H37N3O3Si/c1-36(2,3)43(29-16-10-6-11-17-29,30-18-12-7-13-19-30)42-25-27-24-39-33(23-37-38-27)34(26-14-8-5-9-15-26)32-22-28(41-4)20-21-31(32)35(39)40/h5-23,27,38H,24-25H2,1-4H3. The van der Waals surface area contributed by atoms with Gasteiger partial charge in [-0.3, -0.25) is 4.79 Å². The number of hydrogen-bond donors (Lipinski definition) is 1. The van der Waals surface area contributed by atoms with Crippen LogP contribution in [0.3, 0.4) is 0 Å². The summed E-state index contributed by atoms with van der Waals surface area (Å²) in [6, 6.07) is 36.8. The van der Waals surface area contributed by atoms with Crippen LogP contribution in [0.1, 0.15) is 26.5 Å². The minimum Gasteiger partial charge on any atom is -0.497 e. The molecule has 1 unspecified atom stereocenters. The molecule has 1 aliphatic rings. The number of pyridine rings is 1. The van der Waals surface area contributed by atoms with Crippen LogP contribution in [0.15, 0.2) is 119 Å². The number of aromatic nitrogens is 1. The number of nitrogens with zero attached hydrogens (tertiary/aromatic N) is 2. The van der Waals surface area contributed by atoms with Crippen LogP contribution in [0.25, 0.3) is 21.9 Å². The topological polar surface area (TPSA) is 64.9 Å². The highest BCUT2D eigenvalue weighted by Gasteiger charge is 2.50. The number of hydrogen-bond acceptors (Lipinski definition) is 5. The first-order valence-electron chi connectivity index (χ1n) is 14.7. The molecule has 0 spiro atoms. The van der Waals surface area contributed by atoms with Crippen molar-refractivity contribution >= 4 is 35.7 Å². The molecule has 6 nitrogen and oxygen atoms in total. The molecule has 1 N–H and O–H groups in total. The van der Waals surface area contributed by atoms with Gasteiger partial charge in [-0.25, -0.2) is 0 Å². The van der Waals surface area contributed by atoms with E-state index in [0.29, 0.717) is 24.3 Å². The number of nitrogens with one attached hydrogen (secondary N) is 1. The van der Waals surface area contributed by atoms with E-state index in [1.807, 2.05) is 53.1 Å². The minimum absolute atomic E-state index is 0.0575. The molecule has 0 saturated carbocycles. The van der Waals surface area contributed by atoms with Gasteiger partial charge >= 0.3 is 0 Å². The Hall–Kier alpha value is -4.46. The highest BCUT2D eigenvalue weighted by atomic mass is 28.4. The molecule has 0 bridgehead atoms. The highest BCUT2D eigenvalue weighted by Crippen LogP contribution is 2.37. The van der Waals surface area contributed by atoms with Gasteiger partial charge in [0.05, 0.1) is 38.2 Å². The third kappa shape index (κ3) is 5.19. The summed E-state index contributed by atoms with van der Waals surface area (Å²) in [7, 11) is -1.13. The second-order valence-corrected chi connectivity index (χ2v) is 16.3. The molecule has 7 heteroatoms. The van der Waals surface area contributed by atoms with Crippen molar-refractivity contribution < 1.29 is 9.16 Å². The fraction of sp³-hybridized carbons (Fsp3) is 0.222. The first kappa shape index (κ1) is 28.6. The lowest BCUT2D eigenvalue weighted by molar-refractivity contribution is 0.238. The number of hydrazone groups is 1. The molecular formula is C36H37N3O3Si. The van der Waals surface area contributed by atoms with E-state index in [4.69, 9.17) is 9.16 Å². The fourth-order valence-corrected chi connectivity index (χ4v) is 10.9. The average molecular weight is 588 g/mol. The van der Waals surface area contributed by atoms with Crippen LogP contribution in [-0.4, -0.2) is 38.9 Å².